The van der Waals surface area contributed by atoms with Crippen LogP contribution in [0, 0.1) is 5.92 Å². The molecule has 1 amide bonds. The van der Waals surface area contributed by atoms with Gasteiger partial charge in [0.05, 0.1) is 22.1 Å². The Kier molecular flexibility index (Phi) is 3.63. The van der Waals surface area contributed by atoms with Gasteiger partial charge in [-0.1, -0.05) is 23.2 Å². The van der Waals surface area contributed by atoms with Gasteiger partial charge in [0, 0.05) is 17.4 Å². The third-order valence-electron chi connectivity index (χ3n) is 3.43. The number of carbonyl (C=O) groups excluding carboxylic acids is 1. The van der Waals surface area contributed by atoms with Crippen molar-refractivity contribution in [3.05, 3.63) is 39.6 Å². The first-order valence-electron chi connectivity index (χ1n) is 6.28. The molecule has 2 N–H and O–H groups in total. The van der Waals surface area contributed by atoms with Crippen LogP contribution >= 0.6 is 23.2 Å². The summed E-state index contributed by atoms with van der Waals surface area (Å²) in [5, 5.41) is 14.5. The predicted molar refractivity (Wildman–Crippen MR) is 77.0 cm³/mol. The largest absolute Gasteiger partial charge is 0.325 e. The number of carbonyl (C=O) groups is 1. The predicted octanol–water partition coefficient (Wildman–Crippen LogP) is 2.86. The summed E-state index contributed by atoms with van der Waals surface area (Å²) in [6.45, 7) is 0. The van der Waals surface area contributed by atoms with Gasteiger partial charge in [0.25, 0.3) is 0 Å². The minimum atomic E-state index is -0.112. The van der Waals surface area contributed by atoms with E-state index < -0.39 is 0 Å². The molecule has 1 unspecified atom stereocenters. The molecule has 0 fully saturated rings. The number of aromatic amines is 1. The summed E-state index contributed by atoms with van der Waals surface area (Å²) in [6.07, 6.45) is 2.12. The number of H-pyrrole nitrogens is 1. The van der Waals surface area contributed by atoms with E-state index in [4.69, 9.17) is 23.2 Å². The van der Waals surface area contributed by atoms with Gasteiger partial charge < -0.3 is 5.32 Å². The fourth-order valence-electron chi connectivity index (χ4n) is 2.33. The number of halogens is 2. The van der Waals surface area contributed by atoms with Crippen LogP contribution < -0.4 is 5.32 Å². The number of hydrogen-bond acceptors (Lipinski definition) is 3. The quantitative estimate of drug-likeness (QED) is 0.896. The zero-order valence-corrected chi connectivity index (χ0v) is 12.0. The van der Waals surface area contributed by atoms with E-state index in [1.165, 1.54) is 0 Å². The highest BCUT2D eigenvalue weighted by Gasteiger charge is 2.27. The number of aryl methyl sites for hydroxylation is 1. The third-order valence-corrected chi connectivity index (χ3v) is 3.98. The van der Waals surface area contributed by atoms with E-state index in [0.29, 0.717) is 22.2 Å². The molecular formula is C13H12Cl2N4O. The molecule has 1 atom stereocenters. The summed E-state index contributed by atoms with van der Waals surface area (Å²) < 4.78 is 0. The van der Waals surface area contributed by atoms with Crippen molar-refractivity contribution in [3.63, 3.8) is 0 Å². The second kappa shape index (κ2) is 5.42. The zero-order chi connectivity index (χ0) is 14.1. The van der Waals surface area contributed by atoms with E-state index in [1.807, 2.05) is 0 Å². The highest BCUT2D eigenvalue weighted by atomic mass is 35.5. The van der Waals surface area contributed by atoms with Gasteiger partial charge in [0.15, 0.2) is 0 Å². The van der Waals surface area contributed by atoms with E-state index in [2.05, 4.69) is 20.7 Å². The molecule has 0 aliphatic heterocycles. The second-order valence-electron chi connectivity index (χ2n) is 4.77. The molecule has 0 saturated carbocycles. The molecule has 20 heavy (non-hydrogen) atoms. The lowest BCUT2D eigenvalue weighted by molar-refractivity contribution is -0.120. The molecule has 2 aromatic rings. The Morgan fingerprint density at radius 2 is 2.10 bits per heavy atom. The number of nitrogens with one attached hydrogen (secondary N) is 2. The molecule has 0 saturated heterocycles. The lowest BCUT2D eigenvalue weighted by Gasteiger charge is -2.20. The van der Waals surface area contributed by atoms with Crippen LogP contribution in [0.4, 0.5) is 5.69 Å². The summed E-state index contributed by atoms with van der Waals surface area (Å²) in [5.41, 5.74) is 2.41. The first kappa shape index (κ1) is 13.4. The Morgan fingerprint density at radius 1 is 1.30 bits per heavy atom. The molecule has 104 valence electrons. The summed E-state index contributed by atoms with van der Waals surface area (Å²) in [7, 11) is 0. The summed E-state index contributed by atoms with van der Waals surface area (Å²) in [4.78, 5) is 12.3. The fourth-order valence-corrected chi connectivity index (χ4v) is 2.79. The normalized spacial score (nSPS) is 17.6. The van der Waals surface area contributed by atoms with Crippen molar-refractivity contribution in [2.45, 2.75) is 19.3 Å². The number of fused-ring (bicyclic) bond motifs is 1. The molecule has 7 heteroatoms. The van der Waals surface area contributed by atoms with Crippen LogP contribution in [0.2, 0.25) is 10.0 Å². The van der Waals surface area contributed by atoms with Gasteiger partial charge in [0.1, 0.15) is 0 Å². The smallest absolute Gasteiger partial charge is 0.227 e. The molecule has 0 spiro atoms. The average molecular weight is 311 g/mol. The van der Waals surface area contributed by atoms with Crippen molar-refractivity contribution in [2.24, 2.45) is 5.92 Å². The van der Waals surface area contributed by atoms with Crippen molar-refractivity contribution >= 4 is 34.8 Å². The molecule has 1 heterocycles. The summed E-state index contributed by atoms with van der Waals surface area (Å²) >= 11 is 11.9. The van der Waals surface area contributed by atoms with Gasteiger partial charge in [-0.3, -0.25) is 4.79 Å². The minimum Gasteiger partial charge on any atom is -0.325 e. The van der Waals surface area contributed by atoms with Gasteiger partial charge in [-0.2, -0.15) is 15.4 Å². The lowest BCUT2D eigenvalue weighted by atomic mass is 9.89. The number of anilines is 1. The van der Waals surface area contributed by atoms with Gasteiger partial charge in [-0.25, -0.2) is 0 Å². The van der Waals surface area contributed by atoms with Crippen LogP contribution in [-0.2, 0) is 17.6 Å². The number of hydrogen-bond donors (Lipinski definition) is 2. The molecule has 1 aliphatic carbocycles. The highest BCUT2D eigenvalue weighted by molar-refractivity contribution is 6.36. The monoisotopic (exact) mass is 310 g/mol. The molecular weight excluding hydrogens is 299 g/mol. The third kappa shape index (κ3) is 2.64. The molecule has 0 bridgehead atoms. The SMILES string of the molecule is O=C(Nc1ccc(Cl)cc1Cl)C1CCc2n[nH]nc2C1. The van der Waals surface area contributed by atoms with Crippen LogP contribution in [0.3, 0.4) is 0 Å². The van der Waals surface area contributed by atoms with Crippen molar-refractivity contribution in [2.75, 3.05) is 5.32 Å². The first-order chi connectivity index (χ1) is 9.63. The van der Waals surface area contributed by atoms with Gasteiger partial charge >= 0.3 is 0 Å². The van der Waals surface area contributed by atoms with Crippen molar-refractivity contribution in [1.82, 2.24) is 15.4 Å². The topological polar surface area (TPSA) is 70.7 Å². The maximum absolute atomic E-state index is 12.3. The fraction of sp³-hybridized carbons (Fsp3) is 0.308. The van der Waals surface area contributed by atoms with Crippen molar-refractivity contribution in [1.29, 1.82) is 0 Å². The highest BCUT2D eigenvalue weighted by Crippen LogP contribution is 2.28. The van der Waals surface area contributed by atoms with Crippen LogP contribution in [0.5, 0.6) is 0 Å². The summed E-state index contributed by atoms with van der Waals surface area (Å²) in [6, 6.07) is 5.00. The molecule has 5 nitrogen and oxygen atoms in total. The maximum Gasteiger partial charge on any atom is 0.227 e. The Balaban J connectivity index is 1.71. The Morgan fingerprint density at radius 3 is 2.90 bits per heavy atom. The Hall–Kier alpha value is -1.59. The molecule has 1 aliphatic rings. The van der Waals surface area contributed by atoms with E-state index in [-0.39, 0.29) is 11.8 Å². The number of rotatable bonds is 2. The van der Waals surface area contributed by atoms with Crippen molar-refractivity contribution in [3.8, 4) is 0 Å². The first-order valence-corrected chi connectivity index (χ1v) is 7.03. The van der Waals surface area contributed by atoms with Crippen LogP contribution in [0.25, 0.3) is 0 Å². The van der Waals surface area contributed by atoms with E-state index in [1.54, 1.807) is 18.2 Å². The Labute approximate surface area is 125 Å². The van der Waals surface area contributed by atoms with Gasteiger partial charge in [-0.05, 0) is 31.0 Å². The summed E-state index contributed by atoms with van der Waals surface area (Å²) in [5.74, 6) is -0.165. The molecule has 3 rings (SSSR count). The Bertz CT molecular complexity index is 656. The average Bonchev–Trinajstić information content (AvgIpc) is 2.89. The molecule has 0 radical (unpaired) electrons. The number of nitrogens with zero attached hydrogens (tertiary/aromatic N) is 2. The zero-order valence-electron chi connectivity index (χ0n) is 10.5. The van der Waals surface area contributed by atoms with E-state index >= 15 is 0 Å². The lowest BCUT2D eigenvalue weighted by Crippen LogP contribution is -2.28. The number of aromatic nitrogens is 3. The number of benzene rings is 1. The maximum atomic E-state index is 12.3. The van der Waals surface area contributed by atoms with Crippen LogP contribution in [0.15, 0.2) is 18.2 Å². The minimum absolute atomic E-state index is 0.0529. The van der Waals surface area contributed by atoms with E-state index in [0.717, 1.165) is 24.2 Å². The van der Waals surface area contributed by atoms with Crippen LogP contribution in [0.1, 0.15) is 17.8 Å². The number of amides is 1. The van der Waals surface area contributed by atoms with E-state index in [9.17, 15) is 4.79 Å². The van der Waals surface area contributed by atoms with Crippen LogP contribution in [-0.4, -0.2) is 21.3 Å². The van der Waals surface area contributed by atoms with Crippen molar-refractivity contribution < 1.29 is 4.79 Å². The second-order valence-corrected chi connectivity index (χ2v) is 5.61. The van der Waals surface area contributed by atoms with Gasteiger partial charge in [-0.15, -0.1) is 0 Å². The molecule has 1 aromatic heterocycles. The standard InChI is InChI=1S/C13H12Cl2N4O/c14-8-2-4-10(9(15)6-8)16-13(20)7-1-3-11-12(5-7)18-19-17-11/h2,4,6-7H,1,3,5H2,(H,16,20)(H,17,18,19). The molecule has 1 aromatic carbocycles. The van der Waals surface area contributed by atoms with Gasteiger partial charge in [0.2, 0.25) is 5.91 Å².